The van der Waals surface area contributed by atoms with Crippen LogP contribution in [0.5, 0.6) is 0 Å². The number of halogens is 3. The molecule has 0 saturated carbocycles. The van der Waals surface area contributed by atoms with E-state index in [-0.39, 0.29) is 5.84 Å². The van der Waals surface area contributed by atoms with Crippen LogP contribution in [0.1, 0.15) is 6.92 Å². The van der Waals surface area contributed by atoms with Gasteiger partial charge in [0.25, 0.3) is 0 Å². The Labute approximate surface area is 57.1 Å². The van der Waals surface area contributed by atoms with E-state index in [4.69, 9.17) is 5.41 Å². The third-order valence-electron chi connectivity index (χ3n) is 0.989. The maximum absolute atomic E-state index is 11.5. The van der Waals surface area contributed by atoms with E-state index in [9.17, 15) is 13.2 Å². The number of rotatable bonds is 1. The zero-order valence-electron chi connectivity index (χ0n) is 5.79. The topological polar surface area (TPSA) is 27.1 Å². The molecule has 0 aromatic rings. The Hall–Kier alpha value is -0.740. The van der Waals surface area contributed by atoms with Crippen molar-refractivity contribution in [2.45, 2.75) is 13.1 Å². The molecule has 0 rings (SSSR count). The van der Waals surface area contributed by atoms with Crippen LogP contribution in [0, 0.1) is 5.41 Å². The van der Waals surface area contributed by atoms with Gasteiger partial charge in [0.1, 0.15) is 6.54 Å². The van der Waals surface area contributed by atoms with E-state index < -0.39 is 12.7 Å². The fourth-order valence-electron chi connectivity index (χ4n) is 0.388. The normalized spacial score (nSPS) is 11.3. The van der Waals surface area contributed by atoms with E-state index in [0.29, 0.717) is 0 Å². The van der Waals surface area contributed by atoms with Crippen LogP contribution < -0.4 is 0 Å². The molecule has 10 heavy (non-hydrogen) atoms. The lowest BCUT2D eigenvalue weighted by Crippen LogP contribution is -2.33. The number of nitrogens with one attached hydrogen (secondary N) is 1. The van der Waals surface area contributed by atoms with Gasteiger partial charge in [-0.2, -0.15) is 13.2 Å². The molecule has 0 aliphatic heterocycles. The Balaban J connectivity index is 3.80. The predicted octanol–water partition coefficient (Wildman–Crippen LogP) is 1.48. The molecule has 0 aliphatic carbocycles. The molecule has 0 bridgehead atoms. The van der Waals surface area contributed by atoms with Crippen LogP contribution in [-0.4, -0.2) is 30.5 Å². The van der Waals surface area contributed by atoms with Gasteiger partial charge in [-0.25, -0.2) is 0 Å². The fraction of sp³-hybridized carbons (Fsp3) is 0.800. The van der Waals surface area contributed by atoms with Gasteiger partial charge in [0, 0.05) is 7.05 Å². The van der Waals surface area contributed by atoms with Crippen LogP contribution in [-0.2, 0) is 0 Å². The molecule has 2 nitrogen and oxygen atoms in total. The molecule has 1 N–H and O–H groups in total. The van der Waals surface area contributed by atoms with Crippen molar-refractivity contribution >= 4 is 5.84 Å². The molecular formula is C5H9F3N2. The van der Waals surface area contributed by atoms with Gasteiger partial charge >= 0.3 is 6.18 Å². The number of nitrogens with zero attached hydrogens (tertiary/aromatic N) is 1. The second-order valence-electron chi connectivity index (χ2n) is 2.06. The minimum atomic E-state index is -4.21. The largest absolute Gasteiger partial charge is 0.405 e. The van der Waals surface area contributed by atoms with E-state index in [0.717, 1.165) is 4.90 Å². The van der Waals surface area contributed by atoms with Gasteiger partial charge in [-0.1, -0.05) is 0 Å². The first-order valence-electron chi connectivity index (χ1n) is 2.66. The van der Waals surface area contributed by atoms with Crippen molar-refractivity contribution in [1.29, 1.82) is 5.41 Å². The summed E-state index contributed by atoms with van der Waals surface area (Å²) in [6.45, 7) is 0.258. The predicted molar refractivity (Wildman–Crippen MR) is 32.1 cm³/mol. The zero-order valence-corrected chi connectivity index (χ0v) is 5.79. The monoisotopic (exact) mass is 154 g/mol. The highest BCUT2D eigenvalue weighted by molar-refractivity contribution is 5.75. The highest BCUT2D eigenvalue weighted by Crippen LogP contribution is 2.15. The summed E-state index contributed by atoms with van der Waals surface area (Å²) in [6, 6.07) is 0. The summed E-state index contributed by atoms with van der Waals surface area (Å²) in [7, 11) is 1.23. The quantitative estimate of drug-likeness (QED) is 0.449. The smallest absolute Gasteiger partial charge is 0.355 e. The summed E-state index contributed by atoms with van der Waals surface area (Å²) in [5, 5.41) is 6.81. The third-order valence-corrected chi connectivity index (χ3v) is 0.989. The maximum Gasteiger partial charge on any atom is 0.405 e. The average molecular weight is 154 g/mol. The standard InChI is InChI=1S/C5H9F3N2/c1-4(9)10(2)3-5(6,7)8/h9H,3H2,1-2H3. The van der Waals surface area contributed by atoms with Gasteiger partial charge in [0.15, 0.2) is 0 Å². The molecule has 60 valence electrons. The van der Waals surface area contributed by atoms with Crippen LogP contribution in [0.25, 0.3) is 0 Å². The van der Waals surface area contributed by atoms with Gasteiger partial charge < -0.3 is 4.90 Å². The summed E-state index contributed by atoms with van der Waals surface area (Å²) in [5.41, 5.74) is 0. The van der Waals surface area contributed by atoms with Crippen LogP contribution in [0.4, 0.5) is 13.2 Å². The number of hydrogen-bond donors (Lipinski definition) is 1. The first-order valence-corrected chi connectivity index (χ1v) is 2.66. The van der Waals surface area contributed by atoms with Crippen molar-refractivity contribution in [3.63, 3.8) is 0 Å². The SMILES string of the molecule is CC(=N)N(C)CC(F)(F)F. The summed E-state index contributed by atoms with van der Waals surface area (Å²) in [6.07, 6.45) is -4.21. The van der Waals surface area contributed by atoms with Crippen molar-refractivity contribution in [1.82, 2.24) is 4.90 Å². The van der Waals surface area contributed by atoms with Crippen molar-refractivity contribution in [2.75, 3.05) is 13.6 Å². The van der Waals surface area contributed by atoms with E-state index in [2.05, 4.69) is 0 Å². The highest BCUT2D eigenvalue weighted by Gasteiger charge is 2.29. The Morgan fingerprint density at radius 3 is 2.00 bits per heavy atom. The third kappa shape index (κ3) is 4.17. The molecule has 0 unspecified atom stereocenters. The highest BCUT2D eigenvalue weighted by atomic mass is 19.4. The van der Waals surface area contributed by atoms with Crippen LogP contribution in [0.3, 0.4) is 0 Å². The Bertz CT molecular complexity index is 129. The Morgan fingerprint density at radius 1 is 1.50 bits per heavy atom. The lowest BCUT2D eigenvalue weighted by atomic mass is 10.5. The molecule has 0 heterocycles. The maximum atomic E-state index is 11.5. The molecule has 0 amide bonds. The second kappa shape index (κ2) is 2.90. The van der Waals surface area contributed by atoms with Crippen LogP contribution >= 0.6 is 0 Å². The van der Waals surface area contributed by atoms with Crippen molar-refractivity contribution in [3.05, 3.63) is 0 Å². The fourth-order valence-corrected chi connectivity index (χ4v) is 0.388. The molecule has 0 spiro atoms. The molecule has 0 radical (unpaired) electrons. The lowest BCUT2D eigenvalue weighted by molar-refractivity contribution is -0.135. The van der Waals surface area contributed by atoms with E-state index in [1.54, 1.807) is 0 Å². The molecule has 0 aliphatic rings. The number of hydrogen-bond acceptors (Lipinski definition) is 1. The molecule has 5 heteroatoms. The minimum absolute atomic E-state index is 0.0858. The number of amidine groups is 1. The van der Waals surface area contributed by atoms with Gasteiger partial charge in [-0.05, 0) is 6.92 Å². The van der Waals surface area contributed by atoms with E-state index >= 15 is 0 Å². The average Bonchev–Trinajstić information content (AvgIpc) is 1.60. The summed E-state index contributed by atoms with van der Waals surface area (Å²) >= 11 is 0. The molecular weight excluding hydrogens is 145 g/mol. The van der Waals surface area contributed by atoms with E-state index in [1.807, 2.05) is 0 Å². The molecule has 0 atom stereocenters. The number of alkyl halides is 3. The van der Waals surface area contributed by atoms with Crippen LogP contribution in [0.15, 0.2) is 0 Å². The molecule has 0 aromatic carbocycles. The lowest BCUT2D eigenvalue weighted by Gasteiger charge is -2.18. The Morgan fingerprint density at radius 2 is 1.90 bits per heavy atom. The molecule has 0 saturated heterocycles. The second-order valence-corrected chi connectivity index (χ2v) is 2.06. The van der Waals surface area contributed by atoms with Crippen LogP contribution in [0.2, 0.25) is 0 Å². The first-order chi connectivity index (χ1) is 4.33. The Kier molecular flexibility index (Phi) is 2.68. The summed E-state index contributed by atoms with van der Waals surface area (Å²) in [4.78, 5) is 0.833. The molecule has 0 fully saturated rings. The van der Waals surface area contributed by atoms with E-state index in [1.165, 1.54) is 14.0 Å². The first kappa shape index (κ1) is 9.26. The summed E-state index contributed by atoms with van der Waals surface area (Å²) < 4.78 is 34.6. The van der Waals surface area contributed by atoms with Gasteiger partial charge in [-0.15, -0.1) is 0 Å². The zero-order chi connectivity index (χ0) is 8.36. The van der Waals surface area contributed by atoms with Crippen molar-refractivity contribution in [3.8, 4) is 0 Å². The van der Waals surface area contributed by atoms with Gasteiger partial charge in [0.2, 0.25) is 0 Å². The van der Waals surface area contributed by atoms with Crippen molar-refractivity contribution < 1.29 is 13.2 Å². The van der Waals surface area contributed by atoms with Crippen molar-refractivity contribution in [2.24, 2.45) is 0 Å². The van der Waals surface area contributed by atoms with Gasteiger partial charge in [-0.3, -0.25) is 5.41 Å². The molecule has 0 aromatic heterocycles. The minimum Gasteiger partial charge on any atom is -0.355 e. The van der Waals surface area contributed by atoms with Gasteiger partial charge in [0.05, 0.1) is 5.84 Å². The summed E-state index contributed by atoms with van der Waals surface area (Å²) in [5.74, 6) is -0.0858.